The van der Waals surface area contributed by atoms with E-state index in [9.17, 15) is 15.3 Å². The maximum atomic E-state index is 10.3. The monoisotopic (exact) mass is 456 g/mol. The summed E-state index contributed by atoms with van der Waals surface area (Å²) < 4.78 is 7.11. The largest absolute Gasteiger partial charge is 0.394 e. The summed E-state index contributed by atoms with van der Waals surface area (Å²) in [6, 6.07) is 0. The molecule has 0 amide bonds. The number of imidazole rings is 1. The average Bonchev–Trinajstić information content (AvgIpc) is 3.25. The Morgan fingerprint density at radius 1 is 1.20 bits per heavy atom. The number of unbranched alkanes of at least 4 members (excludes halogenated alkanes) is 3. The van der Waals surface area contributed by atoms with Crippen LogP contribution in [0.1, 0.15) is 38.8 Å². The Morgan fingerprint density at radius 3 is 2.60 bits per heavy atom. The summed E-state index contributed by atoms with van der Waals surface area (Å²) in [5.41, 5.74) is 0.886. The van der Waals surface area contributed by atoms with Crippen molar-refractivity contribution >= 4 is 46.9 Å². The molecule has 30 heavy (non-hydrogen) atoms. The molecule has 0 saturated carbocycles. The van der Waals surface area contributed by atoms with Crippen LogP contribution >= 0.6 is 24.8 Å². The van der Waals surface area contributed by atoms with Crippen LogP contribution in [0.4, 0.5) is 5.95 Å². The number of hydrogen-bond acceptors (Lipinski definition) is 10. The van der Waals surface area contributed by atoms with E-state index in [2.05, 4.69) is 38.2 Å². The van der Waals surface area contributed by atoms with Gasteiger partial charge in [0.25, 0.3) is 0 Å². The first-order valence-corrected chi connectivity index (χ1v) is 10.8. The number of nitrogens with one attached hydrogen (secondary N) is 2. The van der Waals surface area contributed by atoms with Crippen LogP contribution in [-0.4, -0.2) is 77.8 Å². The number of aromatic nitrogens is 4. The van der Waals surface area contributed by atoms with Gasteiger partial charge in [-0.25, -0.2) is 9.97 Å². The molecule has 1 saturated heterocycles. The number of nitrogens with zero attached hydrogens (tertiary/aromatic N) is 4. The number of rotatable bonds is 10. The van der Waals surface area contributed by atoms with E-state index in [4.69, 9.17) is 17.0 Å². The summed E-state index contributed by atoms with van der Waals surface area (Å²) >= 11 is 9.38. The van der Waals surface area contributed by atoms with E-state index in [0.29, 0.717) is 28.7 Å². The molecule has 1 unspecified atom stereocenters. The summed E-state index contributed by atoms with van der Waals surface area (Å²) in [5.74, 6) is 0.402. The van der Waals surface area contributed by atoms with E-state index in [1.54, 1.807) is 0 Å². The second-order valence-corrected chi connectivity index (χ2v) is 8.28. The third kappa shape index (κ3) is 5.37. The predicted molar refractivity (Wildman–Crippen MR) is 119 cm³/mol. The predicted octanol–water partition coefficient (Wildman–Crippen LogP) is 0.636. The Labute approximate surface area is 185 Å². The minimum atomic E-state index is -1.22. The highest BCUT2D eigenvalue weighted by atomic mass is 32.1. The first-order chi connectivity index (χ1) is 14.4. The highest BCUT2D eigenvalue weighted by Crippen LogP contribution is 2.32. The number of fused-ring (bicyclic) bond motifs is 1. The molecule has 2 aromatic rings. The Balaban J connectivity index is 1.60. The molecule has 10 nitrogen and oxygen atoms in total. The van der Waals surface area contributed by atoms with Crippen molar-refractivity contribution in [1.29, 1.82) is 0 Å². The SMILES string of the molecule is CC(=S)NCCCCCCNc1nc(S)c2ncn([C@@H]3O[C@H](CO)[C@H](O)C3O)c2n1. The van der Waals surface area contributed by atoms with Gasteiger partial charge in [0, 0.05) is 13.1 Å². The molecule has 3 heterocycles. The van der Waals surface area contributed by atoms with Gasteiger partial charge in [-0.15, -0.1) is 12.6 Å². The van der Waals surface area contributed by atoms with Crippen LogP contribution < -0.4 is 10.6 Å². The van der Waals surface area contributed by atoms with Gasteiger partial charge in [0.15, 0.2) is 11.9 Å². The van der Waals surface area contributed by atoms with Gasteiger partial charge in [-0.05, 0) is 19.8 Å². The van der Waals surface area contributed by atoms with Crippen LogP contribution in [0.2, 0.25) is 0 Å². The van der Waals surface area contributed by atoms with Crippen molar-refractivity contribution in [1.82, 2.24) is 24.8 Å². The normalized spacial score (nSPS) is 23.8. The molecule has 5 N–H and O–H groups in total. The highest BCUT2D eigenvalue weighted by molar-refractivity contribution is 7.80. The van der Waals surface area contributed by atoms with Crippen LogP contribution in [-0.2, 0) is 4.74 Å². The zero-order valence-corrected chi connectivity index (χ0v) is 18.4. The minimum absolute atomic E-state index is 0.398. The highest BCUT2D eigenvalue weighted by Gasteiger charge is 2.44. The third-order valence-corrected chi connectivity index (χ3v) is 5.41. The van der Waals surface area contributed by atoms with E-state index in [1.165, 1.54) is 10.9 Å². The van der Waals surface area contributed by atoms with E-state index in [0.717, 1.165) is 37.2 Å². The summed E-state index contributed by atoms with van der Waals surface area (Å²) in [6.45, 7) is 3.09. The number of hydrogen-bond donors (Lipinski definition) is 6. The van der Waals surface area contributed by atoms with Gasteiger partial charge in [-0.2, -0.15) is 4.98 Å². The molecule has 0 aliphatic carbocycles. The summed E-state index contributed by atoms with van der Waals surface area (Å²) in [5, 5.41) is 36.4. The number of anilines is 1. The first kappa shape index (κ1) is 23.1. The van der Waals surface area contributed by atoms with E-state index >= 15 is 0 Å². The molecule has 0 bridgehead atoms. The first-order valence-electron chi connectivity index (χ1n) is 9.96. The molecule has 1 fully saturated rings. The fourth-order valence-electron chi connectivity index (χ4n) is 3.34. The Bertz CT molecular complexity index is 867. The van der Waals surface area contributed by atoms with Gasteiger partial charge in [0.2, 0.25) is 5.95 Å². The van der Waals surface area contributed by atoms with Gasteiger partial charge in [0.1, 0.15) is 28.9 Å². The number of ether oxygens (including phenoxy) is 1. The van der Waals surface area contributed by atoms with Crippen molar-refractivity contribution in [2.45, 2.75) is 62.2 Å². The van der Waals surface area contributed by atoms with Crippen molar-refractivity contribution in [3.63, 3.8) is 0 Å². The zero-order valence-electron chi connectivity index (χ0n) is 16.7. The van der Waals surface area contributed by atoms with Gasteiger partial charge in [0.05, 0.1) is 17.9 Å². The van der Waals surface area contributed by atoms with Crippen LogP contribution in [0.3, 0.4) is 0 Å². The lowest BCUT2D eigenvalue weighted by atomic mass is 10.1. The zero-order chi connectivity index (χ0) is 21.7. The van der Waals surface area contributed by atoms with Crippen molar-refractivity contribution in [2.24, 2.45) is 0 Å². The van der Waals surface area contributed by atoms with Crippen LogP contribution in [0.5, 0.6) is 0 Å². The van der Waals surface area contributed by atoms with Gasteiger partial charge in [-0.3, -0.25) is 4.57 Å². The molecule has 0 aromatic carbocycles. The lowest BCUT2D eigenvalue weighted by Crippen LogP contribution is -2.33. The Kier molecular flexibility index (Phi) is 8.20. The molecular weight excluding hydrogens is 428 g/mol. The van der Waals surface area contributed by atoms with Crippen molar-refractivity contribution in [3.05, 3.63) is 6.33 Å². The van der Waals surface area contributed by atoms with Crippen molar-refractivity contribution in [3.8, 4) is 0 Å². The van der Waals surface area contributed by atoms with Gasteiger partial charge in [-0.1, -0.05) is 25.1 Å². The maximum Gasteiger partial charge on any atom is 0.225 e. The number of thiocarbonyl (C=S) groups is 1. The molecular formula is C18H28N6O4S2. The minimum Gasteiger partial charge on any atom is -0.394 e. The molecule has 166 valence electrons. The molecule has 1 aliphatic heterocycles. The molecule has 4 atom stereocenters. The van der Waals surface area contributed by atoms with Crippen LogP contribution in [0, 0.1) is 0 Å². The second-order valence-electron chi connectivity index (χ2n) is 7.25. The number of thiol groups is 1. The topological polar surface area (TPSA) is 138 Å². The van der Waals surface area contributed by atoms with Gasteiger partial charge < -0.3 is 30.7 Å². The Hall–Kier alpha value is -1.57. The fraction of sp³-hybridized carbons (Fsp3) is 0.667. The van der Waals surface area contributed by atoms with Crippen molar-refractivity contribution < 1.29 is 20.1 Å². The lowest BCUT2D eigenvalue weighted by molar-refractivity contribution is -0.0511. The van der Waals surface area contributed by atoms with E-state index in [-0.39, 0.29) is 0 Å². The third-order valence-electron chi connectivity index (χ3n) is 4.95. The summed E-state index contributed by atoms with van der Waals surface area (Å²) in [6.07, 6.45) is 1.46. The smallest absolute Gasteiger partial charge is 0.225 e. The lowest BCUT2D eigenvalue weighted by Gasteiger charge is -2.16. The number of aliphatic hydroxyl groups is 3. The average molecular weight is 457 g/mol. The second kappa shape index (κ2) is 10.6. The number of aliphatic hydroxyl groups excluding tert-OH is 3. The molecule has 12 heteroatoms. The quantitative estimate of drug-likeness (QED) is 0.131. The van der Waals surface area contributed by atoms with E-state index < -0.39 is 31.1 Å². The van der Waals surface area contributed by atoms with Crippen LogP contribution in [0.25, 0.3) is 11.2 Å². The van der Waals surface area contributed by atoms with E-state index in [1.807, 2.05) is 6.92 Å². The fourth-order valence-corrected chi connectivity index (χ4v) is 3.70. The molecule has 3 rings (SSSR count). The molecule has 2 aromatic heterocycles. The molecule has 1 aliphatic rings. The molecule has 0 spiro atoms. The van der Waals surface area contributed by atoms with Gasteiger partial charge >= 0.3 is 0 Å². The standard InChI is InChI=1S/C18H28N6O4S2/c1-10(29)19-6-4-2-3-5-7-20-18-22-15-12(16(30)23-18)21-9-24(15)17-14(27)13(26)11(8-25)28-17/h9,11,13-14,17,25-27H,2-8H2,1H3,(H,19,29)(H2,20,22,23,30)/t11-,13+,14?,17-/m1/s1. The Morgan fingerprint density at radius 2 is 1.93 bits per heavy atom. The maximum absolute atomic E-state index is 10.3. The summed E-state index contributed by atoms with van der Waals surface area (Å²) in [7, 11) is 0. The molecule has 0 radical (unpaired) electrons. The van der Waals surface area contributed by atoms with Crippen molar-refractivity contribution in [2.75, 3.05) is 25.0 Å². The summed E-state index contributed by atoms with van der Waals surface area (Å²) in [4.78, 5) is 13.9. The van der Waals surface area contributed by atoms with Crippen LogP contribution in [0.15, 0.2) is 11.4 Å².